The Morgan fingerprint density at radius 2 is 0.836 bits per heavy atom. The molecule has 0 aliphatic heterocycles. The van der Waals surface area contributed by atoms with Crippen molar-refractivity contribution in [2.24, 2.45) is 0 Å². The van der Waals surface area contributed by atoms with E-state index in [1.165, 1.54) is 64.3 Å². The van der Waals surface area contributed by atoms with Gasteiger partial charge in [-0.25, -0.2) is 0 Å². The minimum absolute atomic E-state index is 0.907. The number of nitrogens with zero attached hydrogens (tertiary/aromatic N) is 1. The van der Waals surface area contributed by atoms with Crippen molar-refractivity contribution in [3.8, 4) is 44.5 Å². The second-order valence-electron chi connectivity index (χ2n) is 15.6. The molecule has 10 aromatic carbocycles. The number of furan rings is 1. The molecule has 2 nitrogen and oxygen atoms in total. The molecule has 2 heterocycles. The van der Waals surface area contributed by atoms with E-state index in [0.29, 0.717) is 0 Å². The number of hydrogen-bond donors (Lipinski definition) is 0. The molecule has 0 N–H and O–H groups in total. The molecule has 0 fully saturated rings. The first-order valence-corrected chi connectivity index (χ1v) is 21.6. The molecular formula is C58H37NOS. The highest BCUT2D eigenvalue weighted by molar-refractivity contribution is 7.26. The topological polar surface area (TPSA) is 16.4 Å². The lowest BCUT2D eigenvalue weighted by atomic mass is 9.97. The van der Waals surface area contributed by atoms with Gasteiger partial charge in [0, 0.05) is 53.3 Å². The molecule has 0 radical (unpaired) electrons. The van der Waals surface area contributed by atoms with Crippen molar-refractivity contribution in [1.29, 1.82) is 0 Å². The number of fused-ring (bicyclic) bond motifs is 7. The first-order chi connectivity index (χ1) is 30.2. The summed E-state index contributed by atoms with van der Waals surface area (Å²) in [6.07, 6.45) is 0. The third kappa shape index (κ3) is 6.01. The fourth-order valence-corrected chi connectivity index (χ4v) is 10.5. The Balaban J connectivity index is 0.923. The maximum Gasteiger partial charge on any atom is 0.143 e. The summed E-state index contributed by atoms with van der Waals surface area (Å²) in [5.74, 6) is 0. The molecule has 0 unspecified atom stereocenters. The van der Waals surface area contributed by atoms with Gasteiger partial charge in [0.05, 0.1) is 5.69 Å². The largest absolute Gasteiger partial charge is 0.455 e. The Hall–Kier alpha value is -7.72. The fourth-order valence-electron chi connectivity index (χ4n) is 9.16. The van der Waals surface area contributed by atoms with E-state index in [1.807, 2.05) is 23.5 Å². The molecular weight excluding hydrogens is 759 g/mol. The van der Waals surface area contributed by atoms with E-state index in [9.17, 15) is 0 Å². The van der Waals surface area contributed by atoms with Crippen molar-refractivity contribution in [3.63, 3.8) is 0 Å². The van der Waals surface area contributed by atoms with E-state index in [-0.39, 0.29) is 0 Å². The van der Waals surface area contributed by atoms with E-state index >= 15 is 0 Å². The standard InChI is InChI=1S/C58H37NOS/c1-2-13-40(14-3-1)48-22-11-25-52-53-26-12-23-49(58(53)61-57(48)52)43-18-8-17-42(37-43)38-29-33-44(34-30-38)59(54-27-9-16-39-15-4-5-19-46(39)54)45-35-31-41(32-36-45)47-21-10-24-51-50-20-6-7-28-55(50)60-56(47)51/h1-37H. The second-order valence-corrected chi connectivity index (χ2v) is 16.6. The van der Waals surface area contributed by atoms with Gasteiger partial charge >= 0.3 is 0 Å². The van der Waals surface area contributed by atoms with Crippen LogP contribution in [0.25, 0.3) is 97.4 Å². The minimum Gasteiger partial charge on any atom is -0.455 e. The van der Waals surface area contributed by atoms with E-state index in [4.69, 9.17) is 4.42 Å². The molecule has 0 aliphatic carbocycles. The van der Waals surface area contributed by atoms with Gasteiger partial charge in [0.15, 0.2) is 0 Å². The van der Waals surface area contributed by atoms with Gasteiger partial charge in [0.25, 0.3) is 0 Å². The van der Waals surface area contributed by atoms with Gasteiger partial charge in [-0.3, -0.25) is 0 Å². The monoisotopic (exact) mass is 795 g/mol. The van der Waals surface area contributed by atoms with Crippen LogP contribution in [0.1, 0.15) is 0 Å². The van der Waals surface area contributed by atoms with Crippen molar-refractivity contribution in [2.75, 3.05) is 4.90 Å². The highest BCUT2D eigenvalue weighted by atomic mass is 32.1. The highest BCUT2D eigenvalue weighted by Crippen LogP contribution is 2.45. The molecule has 61 heavy (non-hydrogen) atoms. The van der Waals surface area contributed by atoms with Gasteiger partial charge in [0.1, 0.15) is 11.2 Å². The van der Waals surface area contributed by atoms with Crippen LogP contribution in [0.5, 0.6) is 0 Å². The van der Waals surface area contributed by atoms with Gasteiger partial charge in [-0.1, -0.05) is 182 Å². The Morgan fingerprint density at radius 1 is 0.328 bits per heavy atom. The SMILES string of the molecule is c1ccc(-c2cccc3c2sc2c(-c4cccc(-c5ccc(N(c6ccc(-c7cccc8c7oc7ccccc78)cc6)c6cccc7ccccc67)cc5)c4)cccc23)cc1. The summed E-state index contributed by atoms with van der Waals surface area (Å²) in [6.45, 7) is 0. The zero-order valence-electron chi connectivity index (χ0n) is 33.1. The summed E-state index contributed by atoms with van der Waals surface area (Å²) in [4.78, 5) is 2.37. The Morgan fingerprint density at radius 3 is 1.59 bits per heavy atom. The van der Waals surface area contributed by atoms with Crippen LogP contribution in [0.15, 0.2) is 229 Å². The Bertz CT molecular complexity index is 3570. The third-order valence-corrected chi connectivity index (χ3v) is 13.4. The molecule has 286 valence electrons. The maximum absolute atomic E-state index is 6.42. The number of benzene rings is 10. The molecule has 12 rings (SSSR count). The predicted octanol–water partition coefficient (Wildman–Crippen LogP) is 17.2. The molecule has 0 aliphatic rings. The van der Waals surface area contributed by atoms with Crippen molar-refractivity contribution < 1.29 is 4.42 Å². The molecule has 0 saturated heterocycles. The summed E-state index contributed by atoms with van der Waals surface area (Å²) in [6, 6.07) is 81.0. The van der Waals surface area contributed by atoms with E-state index < -0.39 is 0 Å². The molecule has 3 heteroatoms. The molecule has 2 aromatic heterocycles. The van der Waals surface area contributed by atoms with Gasteiger partial charge in [0.2, 0.25) is 0 Å². The number of anilines is 3. The first-order valence-electron chi connectivity index (χ1n) is 20.7. The molecule has 0 atom stereocenters. The molecule has 0 saturated carbocycles. The average Bonchev–Trinajstić information content (AvgIpc) is 3.92. The second kappa shape index (κ2) is 14.5. The van der Waals surface area contributed by atoms with Crippen molar-refractivity contribution >= 4 is 81.3 Å². The van der Waals surface area contributed by atoms with Crippen LogP contribution in [0.4, 0.5) is 17.1 Å². The number of para-hydroxylation sites is 2. The lowest BCUT2D eigenvalue weighted by Crippen LogP contribution is -2.10. The first kappa shape index (κ1) is 35.2. The fraction of sp³-hybridized carbons (Fsp3) is 0. The highest BCUT2D eigenvalue weighted by Gasteiger charge is 2.18. The van der Waals surface area contributed by atoms with Gasteiger partial charge in [-0.2, -0.15) is 0 Å². The lowest BCUT2D eigenvalue weighted by Gasteiger charge is -2.27. The van der Waals surface area contributed by atoms with Crippen molar-refractivity contribution in [1.82, 2.24) is 0 Å². The Kier molecular flexibility index (Phi) is 8.39. The zero-order chi connectivity index (χ0) is 40.3. The van der Waals surface area contributed by atoms with Crippen LogP contribution >= 0.6 is 11.3 Å². The summed E-state index contributed by atoms with van der Waals surface area (Å²) in [7, 11) is 0. The smallest absolute Gasteiger partial charge is 0.143 e. The minimum atomic E-state index is 0.907. The lowest BCUT2D eigenvalue weighted by molar-refractivity contribution is 0.670. The number of thiophene rings is 1. The van der Waals surface area contributed by atoms with Crippen LogP contribution in [-0.2, 0) is 0 Å². The van der Waals surface area contributed by atoms with Gasteiger partial charge < -0.3 is 9.32 Å². The van der Waals surface area contributed by atoms with E-state index in [0.717, 1.165) is 50.1 Å². The molecule has 0 bridgehead atoms. The molecule has 0 amide bonds. The molecule has 0 spiro atoms. The maximum atomic E-state index is 6.42. The zero-order valence-corrected chi connectivity index (χ0v) is 33.9. The van der Waals surface area contributed by atoms with Crippen LogP contribution in [-0.4, -0.2) is 0 Å². The summed E-state index contributed by atoms with van der Waals surface area (Å²) < 4.78 is 9.07. The number of hydrogen-bond acceptors (Lipinski definition) is 3. The van der Waals surface area contributed by atoms with Crippen molar-refractivity contribution in [2.45, 2.75) is 0 Å². The number of rotatable bonds is 7. The predicted molar refractivity (Wildman–Crippen MR) is 261 cm³/mol. The van der Waals surface area contributed by atoms with Crippen LogP contribution in [0, 0.1) is 0 Å². The summed E-state index contributed by atoms with van der Waals surface area (Å²) >= 11 is 1.90. The van der Waals surface area contributed by atoms with Crippen LogP contribution in [0.2, 0.25) is 0 Å². The summed E-state index contributed by atoms with van der Waals surface area (Å²) in [5.41, 5.74) is 14.7. The normalized spacial score (nSPS) is 11.6. The van der Waals surface area contributed by atoms with Gasteiger partial charge in [-0.05, 0) is 86.8 Å². The Labute approximate surface area is 357 Å². The van der Waals surface area contributed by atoms with Crippen LogP contribution < -0.4 is 4.90 Å². The quantitative estimate of drug-likeness (QED) is 0.160. The molecule has 12 aromatic rings. The van der Waals surface area contributed by atoms with E-state index in [1.54, 1.807) is 0 Å². The van der Waals surface area contributed by atoms with Crippen molar-refractivity contribution in [3.05, 3.63) is 224 Å². The van der Waals surface area contributed by atoms with Crippen LogP contribution in [0.3, 0.4) is 0 Å². The van der Waals surface area contributed by atoms with Gasteiger partial charge in [-0.15, -0.1) is 11.3 Å². The average molecular weight is 796 g/mol. The van der Waals surface area contributed by atoms with E-state index in [2.05, 4.69) is 217 Å². The summed E-state index contributed by atoms with van der Waals surface area (Å²) in [5, 5.41) is 7.29. The third-order valence-electron chi connectivity index (χ3n) is 12.1.